The minimum Gasteiger partial charge on any atom is -0.348 e. The summed E-state index contributed by atoms with van der Waals surface area (Å²) in [5, 5.41) is 12.2. The molecule has 2 aromatic heterocycles. The number of aromatic nitrogens is 4. The van der Waals surface area contributed by atoms with E-state index >= 15 is 0 Å². The standard InChI is InChI=1S/C12H15N5O3S/c1-3-9-15-16-10(21-9)4-13-8(18)6-17-5-7(2)11(19)14-12(17)20/h5H,3-4,6H2,1-2H3,(H,13,18)(H,14,19,20). The lowest BCUT2D eigenvalue weighted by Crippen LogP contribution is -2.36. The third-order valence-electron chi connectivity index (χ3n) is 2.75. The van der Waals surface area contributed by atoms with Crippen molar-refractivity contribution in [1.29, 1.82) is 0 Å². The fraction of sp³-hybridized carbons (Fsp3) is 0.417. The molecule has 21 heavy (non-hydrogen) atoms. The van der Waals surface area contributed by atoms with Gasteiger partial charge < -0.3 is 5.32 Å². The fourth-order valence-corrected chi connectivity index (χ4v) is 2.35. The van der Waals surface area contributed by atoms with E-state index in [-0.39, 0.29) is 19.0 Å². The lowest BCUT2D eigenvalue weighted by Gasteiger charge is -2.06. The summed E-state index contributed by atoms with van der Waals surface area (Å²) in [7, 11) is 0. The molecule has 0 spiro atoms. The first-order valence-corrected chi connectivity index (χ1v) is 7.19. The van der Waals surface area contributed by atoms with E-state index < -0.39 is 11.2 Å². The molecule has 2 rings (SSSR count). The third-order valence-corrected chi connectivity index (χ3v) is 3.82. The van der Waals surface area contributed by atoms with Crippen molar-refractivity contribution in [2.75, 3.05) is 0 Å². The highest BCUT2D eigenvalue weighted by Gasteiger charge is 2.08. The molecule has 112 valence electrons. The van der Waals surface area contributed by atoms with E-state index in [4.69, 9.17) is 0 Å². The van der Waals surface area contributed by atoms with Gasteiger partial charge in [-0.25, -0.2) is 4.79 Å². The van der Waals surface area contributed by atoms with E-state index in [0.29, 0.717) is 10.6 Å². The second-order valence-corrected chi connectivity index (χ2v) is 5.57. The molecule has 0 saturated heterocycles. The Morgan fingerprint density at radius 3 is 2.76 bits per heavy atom. The van der Waals surface area contributed by atoms with Gasteiger partial charge in [-0.3, -0.25) is 19.1 Å². The van der Waals surface area contributed by atoms with Gasteiger partial charge in [0.15, 0.2) is 0 Å². The SMILES string of the molecule is CCc1nnc(CNC(=O)Cn2cc(C)c(=O)[nH]c2=O)s1. The molecule has 8 nitrogen and oxygen atoms in total. The zero-order valence-electron chi connectivity index (χ0n) is 11.7. The molecule has 0 fully saturated rings. The summed E-state index contributed by atoms with van der Waals surface area (Å²) in [6, 6.07) is 0. The number of aryl methyl sites for hydroxylation is 2. The maximum Gasteiger partial charge on any atom is 0.328 e. The summed E-state index contributed by atoms with van der Waals surface area (Å²) in [5.41, 5.74) is -0.679. The molecule has 0 aromatic carbocycles. The average molecular weight is 309 g/mol. The van der Waals surface area contributed by atoms with Crippen LogP contribution in [0, 0.1) is 6.92 Å². The monoisotopic (exact) mass is 309 g/mol. The number of nitrogens with one attached hydrogen (secondary N) is 2. The van der Waals surface area contributed by atoms with E-state index in [1.54, 1.807) is 6.92 Å². The summed E-state index contributed by atoms with van der Waals surface area (Å²) in [4.78, 5) is 36.7. The summed E-state index contributed by atoms with van der Waals surface area (Å²) in [6.07, 6.45) is 2.17. The first kappa shape index (κ1) is 15.1. The minimum absolute atomic E-state index is 0.157. The van der Waals surface area contributed by atoms with E-state index in [1.165, 1.54) is 17.5 Å². The van der Waals surface area contributed by atoms with Crippen LogP contribution in [0.5, 0.6) is 0 Å². The number of hydrogen-bond donors (Lipinski definition) is 2. The average Bonchev–Trinajstić information content (AvgIpc) is 2.90. The highest BCUT2D eigenvalue weighted by atomic mass is 32.1. The van der Waals surface area contributed by atoms with Crippen LogP contribution in [0.4, 0.5) is 0 Å². The molecule has 0 aliphatic heterocycles. The lowest BCUT2D eigenvalue weighted by atomic mass is 10.4. The quantitative estimate of drug-likeness (QED) is 0.779. The van der Waals surface area contributed by atoms with Gasteiger partial charge in [-0.1, -0.05) is 18.3 Å². The van der Waals surface area contributed by atoms with Gasteiger partial charge in [0, 0.05) is 11.8 Å². The Morgan fingerprint density at radius 1 is 1.38 bits per heavy atom. The number of amides is 1. The van der Waals surface area contributed by atoms with Crippen molar-refractivity contribution in [3.63, 3.8) is 0 Å². The van der Waals surface area contributed by atoms with Crippen molar-refractivity contribution in [2.24, 2.45) is 0 Å². The molecular weight excluding hydrogens is 294 g/mol. The Kier molecular flexibility index (Phi) is 4.63. The molecule has 2 N–H and O–H groups in total. The van der Waals surface area contributed by atoms with Gasteiger partial charge in [0.05, 0.1) is 6.54 Å². The molecule has 2 heterocycles. The molecule has 9 heteroatoms. The first-order chi connectivity index (χ1) is 9.99. The van der Waals surface area contributed by atoms with Crippen LogP contribution in [0.3, 0.4) is 0 Å². The number of carbonyl (C=O) groups excluding carboxylic acids is 1. The van der Waals surface area contributed by atoms with Gasteiger partial charge in [0.2, 0.25) is 5.91 Å². The molecule has 0 aliphatic carbocycles. The minimum atomic E-state index is -0.607. The van der Waals surface area contributed by atoms with Crippen molar-refractivity contribution in [3.8, 4) is 0 Å². The predicted octanol–water partition coefficient (Wildman–Crippen LogP) is -0.425. The smallest absolute Gasteiger partial charge is 0.328 e. The maximum absolute atomic E-state index is 11.8. The van der Waals surface area contributed by atoms with Crippen LogP contribution in [-0.4, -0.2) is 25.7 Å². The van der Waals surface area contributed by atoms with Crippen molar-refractivity contribution in [2.45, 2.75) is 33.4 Å². The highest BCUT2D eigenvalue weighted by molar-refractivity contribution is 7.11. The van der Waals surface area contributed by atoms with Crippen LogP contribution in [0.2, 0.25) is 0 Å². The number of aromatic amines is 1. The number of hydrogen-bond acceptors (Lipinski definition) is 6. The molecule has 0 saturated carbocycles. The van der Waals surface area contributed by atoms with Crippen LogP contribution >= 0.6 is 11.3 Å². The summed E-state index contributed by atoms with van der Waals surface area (Å²) < 4.78 is 1.16. The van der Waals surface area contributed by atoms with Crippen LogP contribution in [0.15, 0.2) is 15.8 Å². The van der Waals surface area contributed by atoms with Gasteiger partial charge >= 0.3 is 5.69 Å². The fourth-order valence-electron chi connectivity index (χ4n) is 1.62. The van der Waals surface area contributed by atoms with Gasteiger partial charge in [-0.15, -0.1) is 10.2 Å². The zero-order valence-corrected chi connectivity index (χ0v) is 12.5. The van der Waals surface area contributed by atoms with E-state index in [0.717, 1.165) is 16.0 Å². The maximum atomic E-state index is 11.8. The number of carbonyl (C=O) groups is 1. The zero-order chi connectivity index (χ0) is 15.4. The Morgan fingerprint density at radius 2 is 2.10 bits per heavy atom. The highest BCUT2D eigenvalue weighted by Crippen LogP contribution is 2.09. The largest absolute Gasteiger partial charge is 0.348 e. The molecule has 0 bridgehead atoms. The van der Waals surface area contributed by atoms with Crippen LogP contribution in [-0.2, 0) is 24.3 Å². The second-order valence-electron chi connectivity index (χ2n) is 4.42. The predicted molar refractivity (Wildman–Crippen MR) is 77.2 cm³/mol. The van der Waals surface area contributed by atoms with Crippen molar-refractivity contribution < 1.29 is 4.79 Å². The van der Waals surface area contributed by atoms with Gasteiger partial charge in [-0.2, -0.15) is 0 Å². The van der Waals surface area contributed by atoms with Gasteiger partial charge in [-0.05, 0) is 13.3 Å². The molecule has 0 radical (unpaired) electrons. The van der Waals surface area contributed by atoms with Crippen LogP contribution in [0.1, 0.15) is 22.5 Å². The molecule has 0 atom stereocenters. The van der Waals surface area contributed by atoms with E-state index in [2.05, 4.69) is 20.5 Å². The summed E-state index contributed by atoms with van der Waals surface area (Å²) in [6.45, 7) is 3.66. The summed E-state index contributed by atoms with van der Waals surface area (Å²) in [5.74, 6) is -0.336. The molecule has 0 aliphatic rings. The van der Waals surface area contributed by atoms with Gasteiger partial charge in [0.1, 0.15) is 16.6 Å². The van der Waals surface area contributed by atoms with Crippen molar-refractivity contribution >= 4 is 17.2 Å². The van der Waals surface area contributed by atoms with Crippen LogP contribution in [0.25, 0.3) is 0 Å². The molecule has 2 aromatic rings. The summed E-state index contributed by atoms with van der Waals surface area (Å²) >= 11 is 1.44. The Hall–Kier alpha value is -2.29. The van der Waals surface area contributed by atoms with Crippen molar-refractivity contribution in [3.05, 3.63) is 42.6 Å². The number of nitrogens with zero attached hydrogens (tertiary/aromatic N) is 3. The Labute approximate surface area is 123 Å². The van der Waals surface area contributed by atoms with E-state index in [9.17, 15) is 14.4 Å². The number of H-pyrrole nitrogens is 1. The first-order valence-electron chi connectivity index (χ1n) is 6.38. The van der Waals surface area contributed by atoms with Crippen molar-refractivity contribution in [1.82, 2.24) is 25.1 Å². The van der Waals surface area contributed by atoms with Crippen LogP contribution < -0.4 is 16.6 Å². The normalized spacial score (nSPS) is 10.6. The molecule has 0 unspecified atom stereocenters. The lowest BCUT2D eigenvalue weighted by molar-refractivity contribution is -0.121. The topological polar surface area (TPSA) is 110 Å². The van der Waals surface area contributed by atoms with E-state index in [1.807, 2.05) is 6.92 Å². The second kappa shape index (κ2) is 6.44. The third kappa shape index (κ3) is 3.85. The molecule has 1 amide bonds. The Bertz CT molecular complexity index is 761. The Balaban J connectivity index is 1.97. The number of rotatable bonds is 5. The van der Waals surface area contributed by atoms with Gasteiger partial charge in [0.25, 0.3) is 5.56 Å². The molecular formula is C12H15N5O3S.